The molecule has 1 aliphatic heterocycles. The van der Waals surface area contributed by atoms with Crippen molar-refractivity contribution in [2.45, 2.75) is 19.4 Å². The lowest BCUT2D eigenvalue weighted by Gasteiger charge is -2.21. The molecule has 0 aliphatic carbocycles. The Kier molecular flexibility index (Phi) is 4.05. The fraction of sp³-hybridized carbons (Fsp3) is 0.235. The summed E-state index contributed by atoms with van der Waals surface area (Å²) in [4.78, 5) is 11.9. The third-order valence-electron chi connectivity index (χ3n) is 3.63. The molecule has 0 bridgehead atoms. The second-order valence-corrected chi connectivity index (χ2v) is 5.16. The van der Waals surface area contributed by atoms with Gasteiger partial charge in [-0.25, -0.2) is 4.79 Å². The zero-order valence-electron chi connectivity index (χ0n) is 11.9. The van der Waals surface area contributed by atoms with Crippen molar-refractivity contribution in [1.29, 1.82) is 0 Å². The number of benzene rings is 2. The third-order valence-corrected chi connectivity index (χ3v) is 3.63. The van der Waals surface area contributed by atoms with Crippen LogP contribution in [0, 0.1) is 0 Å². The summed E-state index contributed by atoms with van der Waals surface area (Å²) in [6.45, 7) is 1.52. The molecule has 4 heteroatoms. The van der Waals surface area contributed by atoms with Crippen LogP contribution in [0.1, 0.15) is 17.5 Å². The summed E-state index contributed by atoms with van der Waals surface area (Å²) in [7, 11) is 0. The van der Waals surface area contributed by atoms with E-state index in [1.54, 1.807) is 0 Å². The number of rotatable bonds is 3. The zero-order chi connectivity index (χ0) is 14.5. The monoisotopic (exact) mass is 281 g/mol. The SMILES string of the molecule is O=C(NCc1cccc2c1NCCC2)Nc1ccccc1. The number of para-hydroxylation sites is 2. The highest BCUT2D eigenvalue weighted by Crippen LogP contribution is 2.25. The zero-order valence-corrected chi connectivity index (χ0v) is 11.9. The van der Waals surface area contributed by atoms with E-state index in [1.165, 1.54) is 17.7 Å². The second kappa shape index (κ2) is 6.31. The van der Waals surface area contributed by atoms with Gasteiger partial charge in [0.2, 0.25) is 0 Å². The van der Waals surface area contributed by atoms with Crippen molar-refractivity contribution in [3.8, 4) is 0 Å². The first-order chi connectivity index (χ1) is 10.3. The van der Waals surface area contributed by atoms with Gasteiger partial charge in [0.1, 0.15) is 0 Å². The minimum atomic E-state index is -0.186. The summed E-state index contributed by atoms with van der Waals surface area (Å²) in [6, 6.07) is 15.5. The molecule has 1 heterocycles. The largest absolute Gasteiger partial charge is 0.385 e. The number of carbonyl (C=O) groups excluding carboxylic acids is 1. The second-order valence-electron chi connectivity index (χ2n) is 5.16. The van der Waals surface area contributed by atoms with Gasteiger partial charge in [-0.15, -0.1) is 0 Å². The first-order valence-electron chi connectivity index (χ1n) is 7.27. The van der Waals surface area contributed by atoms with Crippen LogP contribution in [0.25, 0.3) is 0 Å². The number of aryl methyl sites for hydroxylation is 1. The molecule has 3 N–H and O–H groups in total. The van der Waals surface area contributed by atoms with E-state index in [0.29, 0.717) is 6.54 Å². The fourth-order valence-electron chi connectivity index (χ4n) is 2.60. The first kappa shape index (κ1) is 13.5. The first-order valence-corrected chi connectivity index (χ1v) is 7.27. The predicted molar refractivity (Wildman–Crippen MR) is 85.6 cm³/mol. The topological polar surface area (TPSA) is 53.2 Å². The number of carbonyl (C=O) groups is 1. The minimum absolute atomic E-state index is 0.186. The molecule has 1 aliphatic rings. The molecule has 0 atom stereocenters. The summed E-state index contributed by atoms with van der Waals surface area (Å²) < 4.78 is 0. The van der Waals surface area contributed by atoms with Gasteiger partial charge in [-0.05, 0) is 36.1 Å². The van der Waals surface area contributed by atoms with Crippen molar-refractivity contribution in [3.63, 3.8) is 0 Å². The Morgan fingerprint density at radius 2 is 1.95 bits per heavy atom. The smallest absolute Gasteiger partial charge is 0.319 e. The van der Waals surface area contributed by atoms with E-state index < -0.39 is 0 Å². The third kappa shape index (κ3) is 3.34. The molecule has 2 amide bonds. The van der Waals surface area contributed by atoms with Gasteiger partial charge in [0, 0.05) is 24.5 Å². The molecular weight excluding hydrogens is 262 g/mol. The van der Waals surface area contributed by atoms with Gasteiger partial charge in [-0.1, -0.05) is 36.4 Å². The normalized spacial score (nSPS) is 13.0. The quantitative estimate of drug-likeness (QED) is 0.808. The molecule has 3 rings (SSSR count). The number of hydrogen-bond donors (Lipinski definition) is 3. The molecular formula is C17H19N3O. The van der Waals surface area contributed by atoms with Crippen LogP contribution < -0.4 is 16.0 Å². The van der Waals surface area contributed by atoms with Crippen LogP contribution in [0.2, 0.25) is 0 Å². The maximum Gasteiger partial charge on any atom is 0.319 e. The predicted octanol–water partition coefficient (Wildman–Crippen LogP) is 3.37. The molecule has 21 heavy (non-hydrogen) atoms. The van der Waals surface area contributed by atoms with Crippen LogP contribution in [0.5, 0.6) is 0 Å². The van der Waals surface area contributed by atoms with Gasteiger partial charge >= 0.3 is 6.03 Å². The summed E-state index contributed by atoms with van der Waals surface area (Å²) >= 11 is 0. The maximum atomic E-state index is 11.9. The molecule has 0 aromatic heterocycles. The standard InChI is InChI=1S/C17H19N3O/c21-17(20-15-9-2-1-3-10-15)19-12-14-7-4-6-13-8-5-11-18-16(13)14/h1-4,6-7,9-10,18H,5,8,11-12H2,(H2,19,20,21). The van der Waals surface area contributed by atoms with Gasteiger partial charge in [0.25, 0.3) is 0 Å². The van der Waals surface area contributed by atoms with E-state index in [9.17, 15) is 4.79 Å². The highest BCUT2D eigenvalue weighted by molar-refractivity contribution is 5.89. The summed E-state index contributed by atoms with van der Waals surface area (Å²) in [5.41, 5.74) is 4.45. The molecule has 0 saturated heterocycles. The number of anilines is 2. The highest BCUT2D eigenvalue weighted by Gasteiger charge is 2.12. The lowest BCUT2D eigenvalue weighted by Crippen LogP contribution is -2.29. The summed E-state index contributed by atoms with van der Waals surface area (Å²) in [5, 5.41) is 9.16. The Morgan fingerprint density at radius 3 is 2.81 bits per heavy atom. The summed E-state index contributed by atoms with van der Waals surface area (Å²) in [6.07, 6.45) is 2.27. The molecule has 4 nitrogen and oxygen atoms in total. The van der Waals surface area contributed by atoms with Crippen LogP contribution in [0.15, 0.2) is 48.5 Å². The van der Waals surface area contributed by atoms with Gasteiger partial charge in [0.15, 0.2) is 0 Å². The van der Waals surface area contributed by atoms with E-state index >= 15 is 0 Å². The van der Waals surface area contributed by atoms with E-state index in [4.69, 9.17) is 0 Å². The Labute approximate surface area is 124 Å². The number of amides is 2. The molecule has 0 fully saturated rings. The minimum Gasteiger partial charge on any atom is -0.385 e. The van der Waals surface area contributed by atoms with Gasteiger partial charge in [-0.3, -0.25) is 0 Å². The van der Waals surface area contributed by atoms with E-state index in [0.717, 1.165) is 24.2 Å². The highest BCUT2D eigenvalue weighted by atomic mass is 16.2. The lowest BCUT2D eigenvalue weighted by molar-refractivity contribution is 0.252. The number of fused-ring (bicyclic) bond motifs is 1. The number of urea groups is 1. The Bertz CT molecular complexity index is 625. The fourth-order valence-corrected chi connectivity index (χ4v) is 2.60. The number of hydrogen-bond acceptors (Lipinski definition) is 2. The van der Waals surface area contributed by atoms with Crippen molar-refractivity contribution in [1.82, 2.24) is 5.32 Å². The van der Waals surface area contributed by atoms with Gasteiger partial charge < -0.3 is 16.0 Å². The molecule has 0 spiro atoms. The van der Waals surface area contributed by atoms with E-state index in [1.807, 2.05) is 30.3 Å². The maximum absolute atomic E-state index is 11.9. The van der Waals surface area contributed by atoms with Crippen LogP contribution >= 0.6 is 0 Å². The Hall–Kier alpha value is -2.49. The molecule has 108 valence electrons. The van der Waals surface area contributed by atoms with Crippen molar-refractivity contribution in [3.05, 3.63) is 59.7 Å². The van der Waals surface area contributed by atoms with Crippen molar-refractivity contribution < 1.29 is 4.79 Å². The molecule has 0 radical (unpaired) electrons. The Morgan fingerprint density at radius 1 is 1.10 bits per heavy atom. The van der Waals surface area contributed by atoms with Crippen LogP contribution in [0.3, 0.4) is 0 Å². The molecule has 0 unspecified atom stereocenters. The molecule has 2 aromatic carbocycles. The van der Waals surface area contributed by atoms with Crippen LogP contribution in [-0.4, -0.2) is 12.6 Å². The molecule has 0 saturated carbocycles. The number of nitrogens with one attached hydrogen (secondary N) is 3. The Balaban J connectivity index is 1.61. The average Bonchev–Trinajstić information content (AvgIpc) is 2.54. The van der Waals surface area contributed by atoms with E-state index in [-0.39, 0.29) is 6.03 Å². The van der Waals surface area contributed by atoms with Crippen molar-refractivity contribution in [2.75, 3.05) is 17.2 Å². The van der Waals surface area contributed by atoms with Gasteiger partial charge in [-0.2, -0.15) is 0 Å². The summed E-state index contributed by atoms with van der Waals surface area (Å²) in [5.74, 6) is 0. The van der Waals surface area contributed by atoms with Crippen LogP contribution in [0.4, 0.5) is 16.2 Å². The van der Waals surface area contributed by atoms with E-state index in [2.05, 4.69) is 34.1 Å². The average molecular weight is 281 g/mol. The van der Waals surface area contributed by atoms with Crippen molar-refractivity contribution in [2.24, 2.45) is 0 Å². The van der Waals surface area contributed by atoms with Crippen LogP contribution in [-0.2, 0) is 13.0 Å². The van der Waals surface area contributed by atoms with Crippen molar-refractivity contribution >= 4 is 17.4 Å². The molecule has 2 aromatic rings. The lowest BCUT2D eigenvalue weighted by atomic mass is 9.99. The van der Waals surface area contributed by atoms with Gasteiger partial charge in [0.05, 0.1) is 0 Å².